The summed E-state index contributed by atoms with van der Waals surface area (Å²) >= 11 is 0. The van der Waals surface area contributed by atoms with E-state index in [0.29, 0.717) is 31.8 Å². The van der Waals surface area contributed by atoms with Gasteiger partial charge >= 0.3 is 6.09 Å². The maximum Gasteiger partial charge on any atom is 0.409 e. The average Bonchev–Trinajstić information content (AvgIpc) is 3.13. The number of hydrogen-bond acceptors (Lipinski definition) is 4. The summed E-state index contributed by atoms with van der Waals surface area (Å²) in [4.78, 5) is 30.2. The lowest BCUT2D eigenvalue weighted by atomic mass is 10.2. The summed E-state index contributed by atoms with van der Waals surface area (Å²) in [6, 6.07) is 13.5. The first-order valence-corrected chi connectivity index (χ1v) is 8.95. The van der Waals surface area contributed by atoms with E-state index < -0.39 is 0 Å². The van der Waals surface area contributed by atoms with E-state index in [1.54, 1.807) is 17.2 Å². The van der Waals surface area contributed by atoms with Crippen molar-refractivity contribution in [3.63, 3.8) is 0 Å². The standard InChI is InChI=1S/C20H20N4O3/c25-19(21-9-11-23-10-4-12-27-20(23)26)16-7-8-18-22-17(14-24(18)13-16)15-5-2-1-3-6-15/h1-3,5-8,13-14H,4,9-12H2,(H,21,25). The molecule has 0 aliphatic carbocycles. The van der Waals surface area contributed by atoms with E-state index in [-0.39, 0.29) is 12.0 Å². The van der Waals surface area contributed by atoms with Gasteiger partial charge in [0.2, 0.25) is 0 Å². The van der Waals surface area contributed by atoms with Crippen LogP contribution in [0.1, 0.15) is 16.8 Å². The number of imidazole rings is 1. The minimum Gasteiger partial charge on any atom is -0.449 e. The molecule has 3 aromatic rings. The molecule has 0 saturated carbocycles. The molecule has 1 saturated heterocycles. The number of ether oxygens (including phenoxy) is 1. The molecule has 1 N–H and O–H groups in total. The van der Waals surface area contributed by atoms with Gasteiger partial charge in [0.05, 0.1) is 17.9 Å². The van der Waals surface area contributed by atoms with Gasteiger partial charge in [-0.2, -0.15) is 0 Å². The highest BCUT2D eigenvalue weighted by atomic mass is 16.6. The molecular formula is C20H20N4O3. The molecule has 0 bridgehead atoms. The van der Waals surface area contributed by atoms with Gasteiger partial charge in [-0.25, -0.2) is 9.78 Å². The number of benzene rings is 1. The summed E-state index contributed by atoms with van der Waals surface area (Å²) in [6.45, 7) is 1.96. The Hall–Kier alpha value is -3.35. The fraction of sp³-hybridized carbons (Fsp3) is 0.250. The van der Waals surface area contributed by atoms with Crippen LogP contribution >= 0.6 is 0 Å². The van der Waals surface area contributed by atoms with Crippen molar-refractivity contribution in [1.29, 1.82) is 0 Å². The molecule has 7 nitrogen and oxygen atoms in total. The van der Waals surface area contributed by atoms with Crippen molar-refractivity contribution in [3.05, 3.63) is 60.4 Å². The molecule has 2 amide bonds. The maximum absolute atomic E-state index is 12.4. The smallest absolute Gasteiger partial charge is 0.409 e. The summed E-state index contributed by atoms with van der Waals surface area (Å²) in [5, 5.41) is 2.85. The molecular weight excluding hydrogens is 344 g/mol. The van der Waals surface area contributed by atoms with E-state index >= 15 is 0 Å². The maximum atomic E-state index is 12.4. The molecule has 7 heteroatoms. The molecule has 0 atom stereocenters. The number of carbonyl (C=O) groups is 2. The third-order valence-electron chi connectivity index (χ3n) is 4.51. The zero-order chi connectivity index (χ0) is 18.6. The third kappa shape index (κ3) is 3.76. The van der Waals surface area contributed by atoms with Crippen LogP contribution in [0.4, 0.5) is 4.79 Å². The second-order valence-corrected chi connectivity index (χ2v) is 6.39. The molecule has 0 spiro atoms. The van der Waals surface area contributed by atoms with Crippen molar-refractivity contribution in [2.75, 3.05) is 26.2 Å². The van der Waals surface area contributed by atoms with Crippen molar-refractivity contribution >= 4 is 17.6 Å². The summed E-state index contributed by atoms with van der Waals surface area (Å²) in [5.74, 6) is -0.183. The SMILES string of the molecule is O=C(NCCN1CCCOC1=O)c1ccc2nc(-c3ccccc3)cn2c1. The predicted octanol–water partition coefficient (Wildman–Crippen LogP) is 2.57. The Kier molecular flexibility index (Phi) is 4.74. The largest absolute Gasteiger partial charge is 0.449 e. The van der Waals surface area contributed by atoms with Gasteiger partial charge < -0.3 is 19.4 Å². The molecule has 4 rings (SSSR count). The van der Waals surface area contributed by atoms with Gasteiger partial charge in [-0.3, -0.25) is 4.79 Å². The van der Waals surface area contributed by atoms with E-state index in [4.69, 9.17) is 4.74 Å². The second-order valence-electron chi connectivity index (χ2n) is 6.39. The second kappa shape index (κ2) is 7.49. The van der Waals surface area contributed by atoms with Crippen LogP contribution in [0.2, 0.25) is 0 Å². The Bertz CT molecular complexity index is 968. The lowest BCUT2D eigenvalue weighted by Gasteiger charge is -2.26. The third-order valence-corrected chi connectivity index (χ3v) is 4.51. The van der Waals surface area contributed by atoms with Gasteiger partial charge in [-0.1, -0.05) is 30.3 Å². The van der Waals surface area contributed by atoms with Gasteiger partial charge in [0, 0.05) is 37.6 Å². The van der Waals surface area contributed by atoms with Crippen LogP contribution in [0.15, 0.2) is 54.9 Å². The van der Waals surface area contributed by atoms with Crippen molar-refractivity contribution in [2.24, 2.45) is 0 Å². The Morgan fingerprint density at radius 2 is 2.00 bits per heavy atom. The zero-order valence-electron chi connectivity index (χ0n) is 14.8. The monoisotopic (exact) mass is 364 g/mol. The summed E-state index contributed by atoms with van der Waals surface area (Å²) in [6.07, 6.45) is 4.18. The first kappa shape index (κ1) is 17.1. The summed E-state index contributed by atoms with van der Waals surface area (Å²) < 4.78 is 6.83. The van der Waals surface area contributed by atoms with Crippen molar-refractivity contribution in [3.8, 4) is 11.3 Å². The molecule has 0 unspecified atom stereocenters. The van der Waals surface area contributed by atoms with Crippen LogP contribution in [-0.4, -0.2) is 52.5 Å². The van der Waals surface area contributed by atoms with Gasteiger partial charge in [-0.15, -0.1) is 0 Å². The molecule has 1 aliphatic rings. The summed E-state index contributed by atoms with van der Waals surface area (Å²) in [5.41, 5.74) is 3.21. The predicted molar refractivity (Wildman–Crippen MR) is 100 cm³/mol. The Morgan fingerprint density at radius 3 is 2.81 bits per heavy atom. The summed E-state index contributed by atoms with van der Waals surface area (Å²) in [7, 11) is 0. The van der Waals surface area contributed by atoms with Crippen molar-refractivity contribution in [2.45, 2.75) is 6.42 Å². The minimum absolute atomic E-state index is 0.183. The Labute approximate surface area is 156 Å². The number of amides is 2. The highest BCUT2D eigenvalue weighted by Crippen LogP contribution is 2.19. The van der Waals surface area contributed by atoms with Crippen molar-refractivity contribution < 1.29 is 14.3 Å². The van der Waals surface area contributed by atoms with Gasteiger partial charge in [0.25, 0.3) is 5.91 Å². The average molecular weight is 364 g/mol. The topological polar surface area (TPSA) is 75.9 Å². The molecule has 2 aromatic heterocycles. The van der Waals surface area contributed by atoms with Crippen molar-refractivity contribution in [1.82, 2.24) is 19.6 Å². The van der Waals surface area contributed by atoms with Crippen LogP contribution < -0.4 is 5.32 Å². The van der Waals surface area contributed by atoms with E-state index in [9.17, 15) is 9.59 Å². The zero-order valence-corrected chi connectivity index (χ0v) is 14.8. The fourth-order valence-electron chi connectivity index (χ4n) is 3.08. The minimum atomic E-state index is -0.316. The molecule has 1 fully saturated rings. The van der Waals surface area contributed by atoms with Gasteiger partial charge in [0.15, 0.2) is 0 Å². The number of pyridine rings is 1. The number of aromatic nitrogens is 2. The number of nitrogens with zero attached hydrogens (tertiary/aromatic N) is 3. The fourth-order valence-corrected chi connectivity index (χ4v) is 3.08. The molecule has 27 heavy (non-hydrogen) atoms. The van der Waals surface area contributed by atoms with E-state index in [1.807, 2.05) is 47.0 Å². The molecule has 1 aliphatic heterocycles. The van der Waals surface area contributed by atoms with E-state index in [1.165, 1.54) is 0 Å². The number of fused-ring (bicyclic) bond motifs is 1. The van der Waals surface area contributed by atoms with Crippen LogP contribution in [-0.2, 0) is 4.74 Å². The number of carbonyl (C=O) groups excluding carboxylic acids is 2. The first-order chi connectivity index (χ1) is 13.2. The Balaban J connectivity index is 1.42. The van der Waals surface area contributed by atoms with Crippen LogP contribution in [0.5, 0.6) is 0 Å². The van der Waals surface area contributed by atoms with Crippen LogP contribution in [0, 0.1) is 0 Å². The van der Waals surface area contributed by atoms with E-state index in [2.05, 4.69) is 10.3 Å². The highest BCUT2D eigenvalue weighted by Gasteiger charge is 2.19. The van der Waals surface area contributed by atoms with Crippen LogP contribution in [0.3, 0.4) is 0 Å². The molecule has 3 heterocycles. The lowest BCUT2D eigenvalue weighted by molar-refractivity contribution is 0.0719. The molecule has 0 radical (unpaired) electrons. The quantitative estimate of drug-likeness (QED) is 0.755. The first-order valence-electron chi connectivity index (χ1n) is 8.95. The molecule has 1 aromatic carbocycles. The van der Waals surface area contributed by atoms with Gasteiger partial charge in [0.1, 0.15) is 5.65 Å². The number of nitrogens with one attached hydrogen (secondary N) is 1. The normalized spacial score (nSPS) is 14.2. The number of rotatable bonds is 5. The van der Waals surface area contributed by atoms with E-state index in [0.717, 1.165) is 23.3 Å². The lowest BCUT2D eigenvalue weighted by Crippen LogP contribution is -2.42. The number of cyclic esters (lactones) is 1. The van der Waals surface area contributed by atoms with Gasteiger partial charge in [-0.05, 0) is 18.6 Å². The van der Waals surface area contributed by atoms with Crippen LogP contribution in [0.25, 0.3) is 16.9 Å². The number of hydrogen-bond donors (Lipinski definition) is 1. The highest BCUT2D eigenvalue weighted by molar-refractivity contribution is 5.94. The molecule has 138 valence electrons. The Morgan fingerprint density at radius 1 is 1.15 bits per heavy atom.